The number of rotatable bonds is 5. The monoisotopic (exact) mass is 367 g/mol. The summed E-state index contributed by atoms with van der Waals surface area (Å²) in [4.78, 5) is 48.4. The van der Waals surface area contributed by atoms with Gasteiger partial charge in [-0.05, 0) is 30.5 Å². The molecular formula is C19H17N3O5. The van der Waals surface area contributed by atoms with Crippen molar-refractivity contribution in [3.63, 3.8) is 0 Å². The number of nitro groups is 1. The summed E-state index contributed by atoms with van der Waals surface area (Å²) in [5, 5.41) is 13.6. The molecule has 1 N–H and O–H groups in total. The normalized spacial score (nSPS) is 12.9. The molecule has 0 atom stereocenters. The van der Waals surface area contributed by atoms with Gasteiger partial charge in [0.1, 0.15) is 6.54 Å². The zero-order valence-corrected chi connectivity index (χ0v) is 14.8. The van der Waals surface area contributed by atoms with Gasteiger partial charge in [-0.15, -0.1) is 0 Å². The summed E-state index contributed by atoms with van der Waals surface area (Å²) < 4.78 is 0. The highest BCUT2D eigenvalue weighted by Gasteiger charge is 2.37. The van der Waals surface area contributed by atoms with E-state index < -0.39 is 29.2 Å². The summed E-state index contributed by atoms with van der Waals surface area (Å²) in [5.74, 6) is -1.86. The van der Waals surface area contributed by atoms with Gasteiger partial charge in [0.2, 0.25) is 5.91 Å². The molecule has 27 heavy (non-hydrogen) atoms. The molecule has 2 aromatic rings. The molecule has 0 bridgehead atoms. The lowest BCUT2D eigenvalue weighted by atomic mass is 10.1. The van der Waals surface area contributed by atoms with Crippen LogP contribution in [0.4, 0.5) is 11.4 Å². The van der Waals surface area contributed by atoms with Gasteiger partial charge in [0.15, 0.2) is 0 Å². The van der Waals surface area contributed by atoms with E-state index in [0.29, 0.717) is 12.1 Å². The molecule has 3 amide bonds. The van der Waals surface area contributed by atoms with E-state index in [1.54, 1.807) is 0 Å². The molecule has 1 aliphatic heterocycles. The van der Waals surface area contributed by atoms with Crippen LogP contribution in [0.3, 0.4) is 0 Å². The Morgan fingerprint density at radius 3 is 2.52 bits per heavy atom. The quantitative estimate of drug-likeness (QED) is 0.496. The third kappa shape index (κ3) is 3.29. The second kappa shape index (κ2) is 6.99. The summed E-state index contributed by atoms with van der Waals surface area (Å²) in [6, 6.07) is 9.10. The van der Waals surface area contributed by atoms with Gasteiger partial charge in [-0.1, -0.05) is 25.1 Å². The first kappa shape index (κ1) is 18.2. The number of fused-ring (bicyclic) bond motifs is 1. The Labute approximate surface area is 154 Å². The van der Waals surface area contributed by atoms with Crippen LogP contribution in [0.1, 0.15) is 38.8 Å². The molecule has 0 saturated heterocycles. The summed E-state index contributed by atoms with van der Waals surface area (Å²) in [5.41, 5.74) is 2.20. The van der Waals surface area contributed by atoms with Crippen LogP contribution in [0.2, 0.25) is 0 Å². The van der Waals surface area contributed by atoms with E-state index in [2.05, 4.69) is 5.32 Å². The molecule has 2 aromatic carbocycles. The molecule has 8 heteroatoms. The minimum atomic E-state index is -0.714. The third-order valence-electron chi connectivity index (χ3n) is 4.47. The lowest BCUT2D eigenvalue weighted by Gasteiger charge is -2.16. The second-order valence-electron chi connectivity index (χ2n) is 6.19. The Morgan fingerprint density at radius 2 is 1.85 bits per heavy atom. The predicted molar refractivity (Wildman–Crippen MR) is 97.7 cm³/mol. The topological polar surface area (TPSA) is 110 Å². The highest BCUT2D eigenvalue weighted by atomic mass is 16.6. The first-order valence-corrected chi connectivity index (χ1v) is 8.36. The van der Waals surface area contributed by atoms with Crippen LogP contribution in [0.25, 0.3) is 0 Å². The van der Waals surface area contributed by atoms with Gasteiger partial charge in [-0.25, -0.2) is 0 Å². The van der Waals surface area contributed by atoms with Crippen molar-refractivity contribution in [2.24, 2.45) is 0 Å². The van der Waals surface area contributed by atoms with Gasteiger partial charge < -0.3 is 5.32 Å². The molecule has 8 nitrogen and oxygen atoms in total. The van der Waals surface area contributed by atoms with Crippen LogP contribution < -0.4 is 5.32 Å². The van der Waals surface area contributed by atoms with Gasteiger partial charge in [0.05, 0.1) is 16.1 Å². The Hall–Kier alpha value is -3.55. The maximum absolute atomic E-state index is 12.5. The van der Waals surface area contributed by atoms with Crippen molar-refractivity contribution in [1.82, 2.24) is 4.90 Å². The van der Waals surface area contributed by atoms with Gasteiger partial charge in [0, 0.05) is 17.8 Å². The number of carbonyl (C=O) groups is 3. The first-order valence-electron chi connectivity index (χ1n) is 8.36. The molecule has 138 valence electrons. The molecule has 0 saturated carbocycles. The van der Waals surface area contributed by atoms with E-state index >= 15 is 0 Å². The molecule has 3 rings (SSSR count). The van der Waals surface area contributed by atoms with Gasteiger partial charge in [0.25, 0.3) is 17.5 Å². The molecule has 0 radical (unpaired) electrons. The molecule has 0 aliphatic carbocycles. The van der Waals surface area contributed by atoms with Crippen molar-refractivity contribution < 1.29 is 19.3 Å². The SMILES string of the molecule is CCc1cccc(C)c1NC(=O)CN1C(=O)c2ccc([N+](=O)[O-])cc2C1=O. The van der Waals surface area contributed by atoms with E-state index in [0.717, 1.165) is 28.2 Å². The zero-order chi connectivity index (χ0) is 19.7. The number of imide groups is 1. The first-order chi connectivity index (χ1) is 12.8. The highest BCUT2D eigenvalue weighted by molar-refractivity contribution is 6.23. The fourth-order valence-electron chi connectivity index (χ4n) is 3.06. The molecule has 0 spiro atoms. The predicted octanol–water partition coefficient (Wildman–Crippen LogP) is 2.70. The summed E-state index contributed by atoms with van der Waals surface area (Å²) in [6.07, 6.45) is 0.716. The van der Waals surface area contributed by atoms with Crippen LogP contribution in [-0.2, 0) is 11.2 Å². The van der Waals surface area contributed by atoms with E-state index in [9.17, 15) is 24.5 Å². The minimum Gasteiger partial charge on any atom is -0.324 e. The third-order valence-corrected chi connectivity index (χ3v) is 4.47. The lowest BCUT2D eigenvalue weighted by Crippen LogP contribution is -2.37. The van der Waals surface area contributed by atoms with Crippen LogP contribution in [-0.4, -0.2) is 34.1 Å². The lowest BCUT2D eigenvalue weighted by molar-refractivity contribution is -0.384. The molecular weight excluding hydrogens is 350 g/mol. The number of nitro benzene ring substituents is 1. The Morgan fingerprint density at radius 1 is 1.15 bits per heavy atom. The Bertz CT molecular complexity index is 983. The molecule has 0 aromatic heterocycles. The summed E-state index contributed by atoms with van der Waals surface area (Å²) >= 11 is 0. The maximum Gasteiger partial charge on any atom is 0.270 e. The van der Waals surface area contributed by atoms with Crippen molar-refractivity contribution in [2.45, 2.75) is 20.3 Å². The van der Waals surface area contributed by atoms with Crippen LogP contribution in [0, 0.1) is 17.0 Å². The molecule has 0 fully saturated rings. The largest absolute Gasteiger partial charge is 0.324 e. The van der Waals surface area contributed by atoms with Gasteiger partial charge in [-0.3, -0.25) is 29.4 Å². The van der Waals surface area contributed by atoms with E-state index in [-0.39, 0.29) is 16.8 Å². The number of para-hydroxylation sites is 1. The van der Waals surface area contributed by atoms with Crippen LogP contribution in [0.15, 0.2) is 36.4 Å². The number of aryl methyl sites for hydroxylation is 2. The number of hydrogen-bond donors (Lipinski definition) is 1. The number of nitrogens with zero attached hydrogens (tertiary/aromatic N) is 2. The van der Waals surface area contributed by atoms with Crippen LogP contribution >= 0.6 is 0 Å². The Kier molecular flexibility index (Phi) is 4.72. The number of carbonyl (C=O) groups excluding carboxylic acids is 3. The minimum absolute atomic E-state index is 0.0588. The Balaban J connectivity index is 1.81. The smallest absolute Gasteiger partial charge is 0.270 e. The summed E-state index contributed by atoms with van der Waals surface area (Å²) in [6.45, 7) is 3.36. The van der Waals surface area contributed by atoms with Crippen molar-refractivity contribution in [3.8, 4) is 0 Å². The van der Waals surface area contributed by atoms with E-state index in [4.69, 9.17) is 0 Å². The van der Waals surface area contributed by atoms with Crippen molar-refractivity contribution >= 4 is 29.1 Å². The van der Waals surface area contributed by atoms with Gasteiger partial charge in [-0.2, -0.15) is 0 Å². The highest BCUT2D eigenvalue weighted by Crippen LogP contribution is 2.27. The fourth-order valence-corrected chi connectivity index (χ4v) is 3.06. The van der Waals surface area contributed by atoms with Crippen molar-refractivity contribution in [2.75, 3.05) is 11.9 Å². The number of amides is 3. The average molecular weight is 367 g/mol. The number of non-ortho nitro benzene ring substituents is 1. The van der Waals surface area contributed by atoms with E-state index in [1.807, 2.05) is 32.0 Å². The van der Waals surface area contributed by atoms with Crippen molar-refractivity contribution in [3.05, 3.63) is 68.8 Å². The maximum atomic E-state index is 12.5. The molecule has 0 unspecified atom stereocenters. The van der Waals surface area contributed by atoms with E-state index in [1.165, 1.54) is 6.07 Å². The van der Waals surface area contributed by atoms with Gasteiger partial charge >= 0.3 is 0 Å². The standard InChI is InChI=1S/C19H17N3O5/c1-3-12-6-4-5-11(2)17(12)20-16(23)10-21-18(24)14-8-7-13(22(26)27)9-15(14)19(21)25/h4-9H,3,10H2,1-2H3,(H,20,23). The fraction of sp³-hybridized carbons (Fsp3) is 0.211. The molecule has 1 heterocycles. The zero-order valence-electron chi connectivity index (χ0n) is 14.8. The number of hydrogen-bond acceptors (Lipinski definition) is 5. The number of benzene rings is 2. The molecule has 1 aliphatic rings. The van der Waals surface area contributed by atoms with Crippen molar-refractivity contribution in [1.29, 1.82) is 0 Å². The summed E-state index contributed by atoms with van der Waals surface area (Å²) in [7, 11) is 0. The number of nitrogens with one attached hydrogen (secondary N) is 1. The average Bonchev–Trinajstić information content (AvgIpc) is 2.87. The van der Waals surface area contributed by atoms with Crippen LogP contribution in [0.5, 0.6) is 0 Å². The number of anilines is 1. The second-order valence-corrected chi connectivity index (χ2v) is 6.19.